The molecule has 2 rings (SSSR count). The van der Waals surface area contributed by atoms with Crippen molar-refractivity contribution >= 4 is 21.7 Å². The van der Waals surface area contributed by atoms with Crippen LogP contribution in [0.25, 0.3) is 6.08 Å². The number of carbonyl (C=O) groups is 1. The lowest BCUT2D eigenvalue weighted by Gasteiger charge is -2.11. The fourth-order valence-corrected chi connectivity index (χ4v) is 3.55. The van der Waals surface area contributed by atoms with Crippen molar-refractivity contribution in [3.05, 3.63) is 71.1 Å². The van der Waals surface area contributed by atoms with E-state index < -0.39 is 15.8 Å². The van der Waals surface area contributed by atoms with E-state index >= 15 is 0 Å². The average molecular weight is 314 g/mol. The van der Waals surface area contributed by atoms with E-state index in [0.29, 0.717) is 5.56 Å². The Labute approximate surface area is 131 Å². The molecule has 0 spiro atoms. The lowest BCUT2D eigenvalue weighted by Crippen LogP contribution is -2.18. The van der Waals surface area contributed by atoms with E-state index in [2.05, 4.69) is 0 Å². The molecular weight excluding hydrogens is 296 g/mol. The molecule has 0 atom stereocenters. The summed E-state index contributed by atoms with van der Waals surface area (Å²) in [4.78, 5) is 12.4. The van der Waals surface area contributed by atoms with Crippen molar-refractivity contribution in [3.8, 4) is 0 Å². The summed E-state index contributed by atoms with van der Waals surface area (Å²) >= 11 is 0. The van der Waals surface area contributed by atoms with Crippen LogP contribution < -0.4 is 0 Å². The predicted octanol–water partition coefficient (Wildman–Crippen LogP) is 3.73. The zero-order valence-electron chi connectivity index (χ0n) is 12.6. The minimum atomic E-state index is -3.83. The van der Waals surface area contributed by atoms with Crippen molar-refractivity contribution in [1.29, 1.82) is 0 Å². The first-order valence-electron chi connectivity index (χ1n) is 7.04. The molecule has 0 saturated heterocycles. The van der Waals surface area contributed by atoms with E-state index in [-0.39, 0.29) is 15.6 Å². The van der Waals surface area contributed by atoms with Gasteiger partial charge in [0.05, 0.1) is 4.90 Å². The second-order valence-corrected chi connectivity index (χ2v) is 7.17. The fraction of sp³-hybridized carbons (Fsp3) is 0.167. The Morgan fingerprint density at radius 3 is 1.91 bits per heavy atom. The van der Waals surface area contributed by atoms with Crippen molar-refractivity contribution in [1.82, 2.24) is 0 Å². The number of sulfone groups is 1. The molecule has 0 bridgehead atoms. The fourth-order valence-electron chi connectivity index (χ4n) is 1.99. The van der Waals surface area contributed by atoms with Gasteiger partial charge >= 0.3 is 0 Å². The van der Waals surface area contributed by atoms with Crippen molar-refractivity contribution in [3.63, 3.8) is 0 Å². The van der Waals surface area contributed by atoms with Gasteiger partial charge in [0, 0.05) is 5.92 Å². The molecule has 0 radical (unpaired) electrons. The van der Waals surface area contributed by atoms with Gasteiger partial charge in [0.2, 0.25) is 9.84 Å². The molecule has 0 amide bonds. The number of allylic oxidation sites excluding steroid dienone is 1. The molecule has 114 valence electrons. The Morgan fingerprint density at radius 1 is 0.909 bits per heavy atom. The minimum absolute atomic E-state index is 0.131. The summed E-state index contributed by atoms with van der Waals surface area (Å²) < 4.78 is 25.6. The highest BCUT2D eigenvalue weighted by atomic mass is 32.2. The normalized spacial score (nSPS) is 12.4. The van der Waals surface area contributed by atoms with Crippen molar-refractivity contribution in [2.75, 3.05) is 0 Å². The van der Waals surface area contributed by atoms with E-state index in [0.717, 1.165) is 0 Å². The van der Waals surface area contributed by atoms with E-state index in [1.54, 1.807) is 56.3 Å². The molecule has 0 aliphatic carbocycles. The molecular formula is C18H18O3S. The van der Waals surface area contributed by atoms with Crippen LogP contribution in [-0.2, 0) is 14.6 Å². The maximum Gasteiger partial charge on any atom is 0.210 e. The summed E-state index contributed by atoms with van der Waals surface area (Å²) in [7, 11) is -3.83. The second-order valence-electron chi connectivity index (χ2n) is 5.25. The van der Waals surface area contributed by atoms with Crippen molar-refractivity contribution in [2.24, 2.45) is 5.92 Å². The maximum absolute atomic E-state index is 12.8. The van der Waals surface area contributed by atoms with Gasteiger partial charge in [0.1, 0.15) is 4.91 Å². The van der Waals surface area contributed by atoms with Gasteiger partial charge in [-0.05, 0) is 23.8 Å². The van der Waals surface area contributed by atoms with Crippen LogP contribution in [0, 0.1) is 5.92 Å². The van der Waals surface area contributed by atoms with Gasteiger partial charge in [-0.1, -0.05) is 62.4 Å². The number of Topliss-reactive ketones (excluding diaryl/α,β-unsaturated/α-hetero) is 1. The lowest BCUT2D eigenvalue weighted by atomic mass is 10.1. The average Bonchev–Trinajstić information content (AvgIpc) is 2.53. The van der Waals surface area contributed by atoms with Crippen LogP contribution in [0.4, 0.5) is 0 Å². The molecule has 0 unspecified atom stereocenters. The molecule has 0 N–H and O–H groups in total. The minimum Gasteiger partial charge on any atom is -0.293 e. The smallest absolute Gasteiger partial charge is 0.210 e. The van der Waals surface area contributed by atoms with Gasteiger partial charge in [0.15, 0.2) is 5.78 Å². The number of hydrogen-bond donors (Lipinski definition) is 0. The Bertz CT molecular complexity index is 774. The summed E-state index contributed by atoms with van der Waals surface area (Å²) in [5, 5.41) is 0. The third-order valence-electron chi connectivity index (χ3n) is 3.21. The van der Waals surface area contributed by atoms with E-state index in [9.17, 15) is 13.2 Å². The first kappa shape index (κ1) is 16.2. The number of hydrogen-bond acceptors (Lipinski definition) is 3. The zero-order valence-corrected chi connectivity index (χ0v) is 13.4. The van der Waals surface area contributed by atoms with E-state index in [4.69, 9.17) is 0 Å². The van der Waals surface area contributed by atoms with Crippen LogP contribution in [-0.4, -0.2) is 14.2 Å². The van der Waals surface area contributed by atoms with Crippen LogP contribution >= 0.6 is 0 Å². The van der Waals surface area contributed by atoms with Gasteiger partial charge in [-0.15, -0.1) is 0 Å². The molecule has 0 aromatic heterocycles. The summed E-state index contributed by atoms with van der Waals surface area (Å²) in [5.74, 6) is -0.777. The number of carbonyl (C=O) groups excluding carboxylic acids is 1. The molecule has 4 heteroatoms. The van der Waals surface area contributed by atoms with Crippen LogP contribution in [0.5, 0.6) is 0 Å². The highest BCUT2D eigenvalue weighted by molar-refractivity contribution is 7.96. The summed E-state index contributed by atoms with van der Waals surface area (Å²) in [6, 6.07) is 17.0. The Hall–Kier alpha value is -2.20. The summed E-state index contributed by atoms with van der Waals surface area (Å²) in [5.41, 5.74) is 0.686. The standard InChI is InChI=1S/C18H18O3S/c1-14(2)18(19)17(13-15-9-5-3-6-10-15)22(20,21)16-11-7-4-8-12-16/h3-14H,1-2H3/b17-13+. The molecule has 0 fully saturated rings. The quantitative estimate of drug-likeness (QED) is 0.790. The maximum atomic E-state index is 12.8. The highest BCUT2D eigenvalue weighted by Gasteiger charge is 2.28. The number of ketones is 1. The topological polar surface area (TPSA) is 51.2 Å². The molecule has 0 aliphatic rings. The first-order valence-corrected chi connectivity index (χ1v) is 8.52. The van der Waals surface area contributed by atoms with Crippen molar-refractivity contribution in [2.45, 2.75) is 18.7 Å². The molecule has 2 aromatic rings. The summed E-state index contributed by atoms with van der Waals surface area (Å²) in [6.07, 6.45) is 1.45. The molecule has 2 aromatic carbocycles. The van der Waals surface area contributed by atoms with Gasteiger partial charge in [-0.25, -0.2) is 8.42 Å². The second kappa shape index (κ2) is 6.71. The molecule has 0 heterocycles. The molecule has 3 nitrogen and oxygen atoms in total. The SMILES string of the molecule is CC(C)C(=O)/C(=C\c1ccccc1)S(=O)(=O)c1ccccc1. The highest BCUT2D eigenvalue weighted by Crippen LogP contribution is 2.24. The Balaban J connectivity index is 2.60. The third kappa shape index (κ3) is 3.52. The predicted molar refractivity (Wildman–Crippen MR) is 87.9 cm³/mol. The lowest BCUT2D eigenvalue weighted by molar-refractivity contribution is -0.117. The summed E-state index contributed by atoms with van der Waals surface area (Å²) in [6.45, 7) is 3.39. The van der Waals surface area contributed by atoms with Crippen molar-refractivity contribution < 1.29 is 13.2 Å². The van der Waals surface area contributed by atoms with Gasteiger partial charge in [0.25, 0.3) is 0 Å². The Morgan fingerprint density at radius 2 is 1.41 bits per heavy atom. The first-order chi connectivity index (χ1) is 10.4. The Kier molecular flexibility index (Phi) is 4.93. The molecule has 22 heavy (non-hydrogen) atoms. The monoisotopic (exact) mass is 314 g/mol. The van der Waals surface area contributed by atoms with Gasteiger partial charge in [-0.3, -0.25) is 4.79 Å². The zero-order chi connectivity index (χ0) is 16.2. The van der Waals surface area contributed by atoms with Crippen LogP contribution in [0.1, 0.15) is 19.4 Å². The van der Waals surface area contributed by atoms with Gasteiger partial charge < -0.3 is 0 Å². The molecule has 0 saturated carbocycles. The van der Waals surface area contributed by atoms with E-state index in [1.807, 2.05) is 6.07 Å². The van der Waals surface area contributed by atoms with Crippen LogP contribution in [0.15, 0.2) is 70.5 Å². The van der Waals surface area contributed by atoms with Crippen LogP contribution in [0.2, 0.25) is 0 Å². The van der Waals surface area contributed by atoms with E-state index in [1.165, 1.54) is 18.2 Å². The number of benzene rings is 2. The van der Waals surface area contributed by atoms with Crippen LogP contribution in [0.3, 0.4) is 0 Å². The largest absolute Gasteiger partial charge is 0.293 e. The number of rotatable bonds is 5. The third-order valence-corrected chi connectivity index (χ3v) is 5.00. The molecule has 0 aliphatic heterocycles. The van der Waals surface area contributed by atoms with Gasteiger partial charge in [-0.2, -0.15) is 0 Å².